The molecule has 0 unspecified atom stereocenters. The van der Waals surface area contributed by atoms with Crippen molar-refractivity contribution in [3.63, 3.8) is 0 Å². The Bertz CT molecular complexity index is 515. The highest BCUT2D eigenvalue weighted by atomic mass is 16.4. The number of aryl methyl sites for hydroxylation is 1. The maximum atomic E-state index is 11.8. The van der Waals surface area contributed by atoms with Crippen LogP contribution in [0.15, 0.2) is 10.6 Å². The first kappa shape index (κ1) is 11.3. The average molecular weight is 235 g/mol. The zero-order chi connectivity index (χ0) is 12.4. The van der Waals surface area contributed by atoms with Crippen molar-refractivity contribution in [2.45, 2.75) is 26.7 Å². The molecule has 0 bridgehead atoms. The highest BCUT2D eigenvalue weighted by Gasteiger charge is 2.19. The summed E-state index contributed by atoms with van der Waals surface area (Å²) in [5.74, 6) is 0.861. The van der Waals surface area contributed by atoms with Gasteiger partial charge in [-0.15, -0.1) is 5.10 Å². The minimum absolute atomic E-state index is 0.141. The van der Waals surface area contributed by atoms with Gasteiger partial charge in [0.1, 0.15) is 0 Å². The summed E-state index contributed by atoms with van der Waals surface area (Å²) in [5, 5.41) is 12.3. The van der Waals surface area contributed by atoms with Gasteiger partial charge in [-0.25, -0.2) is 4.98 Å². The van der Waals surface area contributed by atoms with Gasteiger partial charge in [-0.2, -0.15) is 10.3 Å². The fraction of sp³-hybridized carbons (Fsp3) is 0.400. The number of aromatic amines is 1. The third-order valence-corrected chi connectivity index (χ3v) is 2.17. The molecule has 2 heterocycles. The monoisotopic (exact) mass is 235 g/mol. The molecule has 2 aromatic heterocycles. The Kier molecular flexibility index (Phi) is 2.90. The maximum Gasteiger partial charge on any atom is 0.294 e. The van der Waals surface area contributed by atoms with Crippen molar-refractivity contribution in [3.8, 4) is 0 Å². The summed E-state index contributed by atoms with van der Waals surface area (Å²) < 4.78 is 5.40. The van der Waals surface area contributed by atoms with E-state index in [1.54, 1.807) is 6.92 Å². The molecule has 7 nitrogen and oxygen atoms in total. The number of oxazole rings is 1. The average Bonchev–Trinajstić information content (AvgIpc) is 2.86. The van der Waals surface area contributed by atoms with Crippen molar-refractivity contribution in [1.29, 1.82) is 0 Å². The third-order valence-electron chi connectivity index (χ3n) is 2.17. The fourth-order valence-electron chi connectivity index (χ4n) is 1.31. The summed E-state index contributed by atoms with van der Waals surface area (Å²) in [5.41, 5.74) is 0.565. The van der Waals surface area contributed by atoms with Gasteiger partial charge < -0.3 is 9.73 Å². The first-order chi connectivity index (χ1) is 8.08. The number of aromatic nitrogens is 4. The number of hydrogen-bond acceptors (Lipinski definition) is 5. The maximum absolute atomic E-state index is 11.8. The predicted molar refractivity (Wildman–Crippen MR) is 59.7 cm³/mol. The van der Waals surface area contributed by atoms with Crippen LogP contribution in [0.25, 0.3) is 0 Å². The first-order valence-electron chi connectivity index (χ1n) is 5.22. The summed E-state index contributed by atoms with van der Waals surface area (Å²) in [4.78, 5) is 16.0. The van der Waals surface area contributed by atoms with Crippen molar-refractivity contribution in [2.75, 3.05) is 5.32 Å². The highest BCUT2D eigenvalue weighted by molar-refractivity contribution is 6.02. The van der Waals surface area contributed by atoms with Crippen molar-refractivity contribution >= 4 is 11.7 Å². The molecule has 2 aromatic rings. The van der Waals surface area contributed by atoms with Crippen LogP contribution in [0.2, 0.25) is 0 Å². The van der Waals surface area contributed by atoms with Gasteiger partial charge in [0.05, 0.1) is 11.9 Å². The fourth-order valence-corrected chi connectivity index (χ4v) is 1.31. The topological polar surface area (TPSA) is 96.7 Å². The standard InChI is InChI=1S/C10H13N5O2/c1-5(2)10-12-6(3)8(17-10)9(16)13-7-4-11-15-14-7/h4-5H,1-3H3,(H2,11,13,14,15,16). The Morgan fingerprint density at radius 2 is 2.29 bits per heavy atom. The lowest BCUT2D eigenvalue weighted by Gasteiger charge is -1.98. The molecule has 2 N–H and O–H groups in total. The molecule has 1 amide bonds. The van der Waals surface area contributed by atoms with Gasteiger partial charge in [-0.05, 0) is 6.92 Å². The van der Waals surface area contributed by atoms with E-state index in [4.69, 9.17) is 4.42 Å². The molecule has 2 rings (SSSR count). The Balaban J connectivity index is 2.19. The molecular weight excluding hydrogens is 222 g/mol. The molecule has 0 spiro atoms. The van der Waals surface area contributed by atoms with Crippen LogP contribution in [0.3, 0.4) is 0 Å². The number of nitrogens with one attached hydrogen (secondary N) is 2. The van der Waals surface area contributed by atoms with Crippen molar-refractivity contribution in [2.24, 2.45) is 0 Å². The van der Waals surface area contributed by atoms with Crippen LogP contribution in [0.5, 0.6) is 0 Å². The Morgan fingerprint density at radius 3 is 2.82 bits per heavy atom. The van der Waals surface area contributed by atoms with E-state index in [0.717, 1.165) is 0 Å². The van der Waals surface area contributed by atoms with Crippen LogP contribution >= 0.6 is 0 Å². The number of hydrogen-bond donors (Lipinski definition) is 2. The molecule has 0 aliphatic carbocycles. The van der Waals surface area contributed by atoms with E-state index in [2.05, 4.69) is 25.7 Å². The summed E-state index contributed by atoms with van der Waals surface area (Å²) in [6, 6.07) is 0. The zero-order valence-corrected chi connectivity index (χ0v) is 9.81. The number of amides is 1. The van der Waals surface area contributed by atoms with E-state index in [-0.39, 0.29) is 17.6 Å². The number of H-pyrrole nitrogens is 1. The molecule has 0 radical (unpaired) electrons. The van der Waals surface area contributed by atoms with Crippen molar-refractivity contribution in [3.05, 3.63) is 23.5 Å². The normalized spacial score (nSPS) is 10.8. The van der Waals surface area contributed by atoms with Crippen molar-refractivity contribution < 1.29 is 9.21 Å². The van der Waals surface area contributed by atoms with Gasteiger partial charge in [-0.3, -0.25) is 4.79 Å². The van der Waals surface area contributed by atoms with E-state index >= 15 is 0 Å². The molecule has 0 saturated heterocycles. The molecular formula is C10H13N5O2. The molecule has 0 fully saturated rings. The van der Waals surface area contributed by atoms with Crippen LogP contribution in [0.1, 0.15) is 41.9 Å². The van der Waals surface area contributed by atoms with E-state index in [9.17, 15) is 4.79 Å². The van der Waals surface area contributed by atoms with Gasteiger partial charge >= 0.3 is 0 Å². The second-order valence-corrected chi connectivity index (χ2v) is 3.93. The number of carbonyl (C=O) groups excluding carboxylic acids is 1. The Hall–Kier alpha value is -2.18. The molecule has 90 valence electrons. The summed E-state index contributed by atoms with van der Waals surface area (Å²) in [7, 11) is 0. The van der Waals surface area contributed by atoms with Gasteiger partial charge in [0.2, 0.25) is 5.76 Å². The largest absolute Gasteiger partial charge is 0.435 e. The van der Waals surface area contributed by atoms with Crippen LogP contribution in [-0.4, -0.2) is 26.3 Å². The van der Waals surface area contributed by atoms with E-state index < -0.39 is 0 Å². The van der Waals surface area contributed by atoms with Crippen LogP contribution in [0, 0.1) is 6.92 Å². The smallest absolute Gasteiger partial charge is 0.294 e. The van der Waals surface area contributed by atoms with E-state index in [0.29, 0.717) is 17.4 Å². The SMILES string of the molecule is Cc1nc(C(C)C)oc1C(=O)Nc1cn[nH]n1. The minimum atomic E-state index is -0.379. The molecule has 17 heavy (non-hydrogen) atoms. The molecule has 0 aliphatic rings. The second kappa shape index (κ2) is 4.36. The highest BCUT2D eigenvalue weighted by Crippen LogP contribution is 2.18. The third kappa shape index (κ3) is 2.32. The van der Waals surface area contributed by atoms with Gasteiger partial charge in [0.15, 0.2) is 11.7 Å². The van der Waals surface area contributed by atoms with Crippen molar-refractivity contribution in [1.82, 2.24) is 20.4 Å². The summed E-state index contributed by atoms with van der Waals surface area (Å²) in [6.45, 7) is 5.63. The van der Waals surface area contributed by atoms with Crippen LogP contribution in [0.4, 0.5) is 5.82 Å². The molecule has 0 saturated carbocycles. The van der Waals surface area contributed by atoms with Crippen LogP contribution in [-0.2, 0) is 0 Å². The predicted octanol–water partition coefficient (Wildman–Crippen LogP) is 1.48. The van der Waals surface area contributed by atoms with Gasteiger partial charge in [-0.1, -0.05) is 13.8 Å². The van der Waals surface area contributed by atoms with E-state index in [1.807, 2.05) is 13.8 Å². The lowest BCUT2D eigenvalue weighted by molar-refractivity contribution is 0.0993. The Morgan fingerprint density at radius 1 is 1.53 bits per heavy atom. The number of carbonyl (C=O) groups is 1. The number of anilines is 1. The lowest BCUT2D eigenvalue weighted by Crippen LogP contribution is -2.12. The van der Waals surface area contributed by atoms with E-state index in [1.165, 1.54) is 6.20 Å². The number of rotatable bonds is 3. The molecule has 0 aliphatic heterocycles. The first-order valence-corrected chi connectivity index (χ1v) is 5.22. The molecule has 0 atom stereocenters. The molecule has 7 heteroatoms. The quantitative estimate of drug-likeness (QED) is 0.839. The Labute approximate surface area is 97.6 Å². The summed E-state index contributed by atoms with van der Waals surface area (Å²) >= 11 is 0. The second-order valence-electron chi connectivity index (χ2n) is 3.93. The van der Waals surface area contributed by atoms with Gasteiger partial charge in [0, 0.05) is 5.92 Å². The lowest BCUT2D eigenvalue weighted by atomic mass is 10.2. The molecule has 0 aromatic carbocycles. The minimum Gasteiger partial charge on any atom is -0.435 e. The van der Waals surface area contributed by atoms with Crippen LogP contribution < -0.4 is 5.32 Å². The zero-order valence-electron chi connectivity index (χ0n) is 9.81. The summed E-state index contributed by atoms with van der Waals surface area (Å²) in [6.07, 6.45) is 1.41. The number of nitrogens with zero attached hydrogens (tertiary/aromatic N) is 3. The van der Waals surface area contributed by atoms with Gasteiger partial charge in [0.25, 0.3) is 5.91 Å².